The zero-order valence-electron chi connectivity index (χ0n) is 14.8. The zero-order chi connectivity index (χ0) is 18.8. The van der Waals surface area contributed by atoms with Crippen molar-refractivity contribution in [3.63, 3.8) is 0 Å². The van der Waals surface area contributed by atoms with Crippen LogP contribution in [0.2, 0.25) is 0 Å². The first kappa shape index (κ1) is 17.3. The number of carbonyl (C=O) groups excluding carboxylic acids is 3. The number of imide groups is 1. The molecule has 4 rings (SSSR count). The van der Waals surface area contributed by atoms with Gasteiger partial charge in [-0.15, -0.1) is 0 Å². The predicted octanol–water partition coefficient (Wildman–Crippen LogP) is 2.24. The standard InChI is InChI=1S/C21H20N2O4/c24-19(22-17-10-12-27-18-8-4-3-7-16(17)18)9-11-23-20(25)13-14-5-1-2-6-15(14)21(23)26/h1-8,17H,9-13H2,(H,22,24)/t17-/m1/s1. The summed E-state index contributed by atoms with van der Waals surface area (Å²) in [4.78, 5) is 38.4. The van der Waals surface area contributed by atoms with E-state index in [4.69, 9.17) is 4.74 Å². The monoisotopic (exact) mass is 364 g/mol. The van der Waals surface area contributed by atoms with Gasteiger partial charge in [-0.05, 0) is 17.7 Å². The molecule has 2 aliphatic heterocycles. The van der Waals surface area contributed by atoms with Crippen LogP contribution in [0.25, 0.3) is 0 Å². The third-order valence-electron chi connectivity index (χ3n) is 4.99. The van der Waals surface area contributed by atoms with E-state index in [0.717, 1.165) is 16.9 Å². The van der Waals surface area contributed by atoms with Crippen LogP contribution in [0.3, 0.4) is 0 Å². The van der Waals surface area contributed by atoms with Gasteiger partial charge in [-0.1, -0.05) is 36.4 Å². The van der Waals surface area contributed by atoms with Crippen molar-refractivity contribution in [2.24, 2.45) is 0 Å². The highest BCUT2D eigenvalue weighted by Gasteiger charge is 2.31. The molecule has 0 bridgehead atoms. The van der Waals surface area contributed by atoms with Gasteiger partial charge in [0.2, 0.25) is 11.8 Å². The molecule has 2 aromatic rings. The molecule has 0 spiro atoms. The van der Waals surface area contributed by atoms with Crippen molar-refractivity contribution in [1.82, 2.24) is 10.2 Å². The van der Waals surface area contributed by atoms with E-state index in [9.17, 15) is 14.4 Å². The van der Waals surface area contributed by atoms with E-state index in [-0.39, 0.29) is 43.1 Å². The van der Waals surface area contributed by atoms with Crippen LogP contribution >= 0.6 is 0 Å². The second-order valence-electron chi connectivity index (χ2n) is 6.73. The van der Waals surface area contributed by atoms with Crippen LogP contribution in [0.15, 0.2) is 48.5 Å². The number of ether oxygens (including phenoxy) is 1. The highest BCUT2D eigenvalue weighted by atomic mass is 16.5. The first-order chi connectivity index (χ1) is 13.1. The number of nitrogens with one attached hydrogen (secondary N) is 1. The maximum absolute atomic E-state index is 12.6. The third kappa shape index (κ3) is 3.43. The van der Waals surface area contributed by atoms with Crippen LogP contribution < -0.4 is 10.1 Å². The lowest BCUT2D eigenvalue weighted by Crippen LogP contribution is -2.44. The molecule has 3 amide bonds. The summed E-state index contributed by atoms with van der Waals surface area (Å²) in [5.41, 5.74) is 2.24. The smallest absolute Gasteiger partial charge is 0.260 e. The molecule has 0 radical (unpaired) electrons. The van der Waals surface area contributed by atoms with Gasteiger partial charge in [0.25, 0.3) is 5.91 Å². The Labute approximate surface area is 157 Å². The Morgan fingerprint density at radius 2 is 1.89 bits per heavy atom. The van der Waals surface area contributed by atoms with Gasteiger partial charge in [0.15, 0.2) is 0 Å². The molecular weight excluding hydrogens is 344 g/mol. The fourth-order valence-corrected chi connectivity index (χ4v) is 3.60. The average Bonchev–Trinajstić information content (AvgIpc) is 2.68. The normalized spacial score (nSPS) is 18.4. The first-order valence-corrected chi connectivity index (χ1v) is 9.07. The molecule has 0 aromatic heterocycles. The van der Waals surface area contributed by atoms with Crippen LogP contribution in [0, 0.1) is 0 Å². The summed E-state index contributed by atoms with van der Waals surface area (Å²) < 4.78 is 5.60. The lowest BCUT2D eigenvalue weighted by molar-refractivity contribution is -0.129. The third-order valence-corrected chi connectivity index (χ3v) is 4.99. The molecule has 2 aliphatic rings. The topological polar surface area (TPSA) is 75.7 Å². The fraction of sp³-hybridized carbons (Fsp3) is 0.286. The van der Waals surface area contributed by atoms with Crippen molar-refractivity contribution < 1.29 is 19.1 Å². The van der Waals surface area contributed by atoms with Crippen molar-refractivity contribution in [1.29, 1.82) is 0 Å². The second kappa shape index (κ2) is 7.23. The Kier molecular flexibility index (Phi) is 4.62. The van der Waals surface area contributed by atoms with E-state index in [0.29, 0.717) is 18.6 Å². The lowest BCUT2D eigenvalue weighted by atomic mass is 9.98. The molecule has 2 heterocycles. The number of fused-ring (bicyclic) bond motifs is 2. The Bertz CT molecular complexity index is 909. The number of hydrogen-bond acceptors (Lipinski definition) is 4. The Balaban J connectivity index is 1.39. The van der Waals surface area contributed by atoms with Gasteiger partial charge in [0.1, 0.15) is 5.75 Å². The van der Waals surface area contributed by atoms with Gasteiger partial charge in [-0.2, -0.15) is 0 Å². The summed E-state index contributed by atoms with van der Waals surface area (Å²) in [5, 5.41) is 3.00. The van der Waals surface area contributed by atoms with Crippen molar-refractivity contribution in [2.75, 3.05) is 13.2 Å². The minimum absolute atomic E-state index is 0.0825. The minimum Gasteiger partial charge on any atom is -0.493 e. The summed E-state index contributed by atoms with van der Waals surface area (Å²) in [6, 6.07) is 14.6. The number of carbonyl (C=O) groups is 3. The van der Waals surface area contributed by atoms with Crippen LogP contribution in [0.1, 0.15) is 40.4 Å². The number of para-hydroxylation sites is 1. The van der Waals surface area contributed by atoms with E-state index in [1.165, 1.54) is 4.90 Å². The van der Waals surface area contributed by atoms with Crippen molar-refractivity contribution in [3.8, 4) is 5.75 Å². The number of nitrogens with zero attached hydrogens (tertiary/aromatic N) is 1. The second-order valence-corrected chi connectivity index (χ2v) is 6.73. The van der Waals surface area contributed by atoms with E-state index in [2.05, 4.69) is 5.32 Å². The SMILES string of the molecule is O=C(CCN1C(=O)Cc2ccccc2C1=O)N[C@@H]1CCOc2ccccc21. The van der Waals surface area contributed by atoms with Gasteiger partial charge in [0.05, 0.1) is 19.1 Å². The molecule has 0 saturated heterocycles. The van der Waals surface area contributed by atoms with Crippen LogP contribution in [0.5, 0.6) is 5.75 Å². The highest BCUT2D eigenvalue weighted by molar-refractivity contribution is 6.09. The molecular formula is C21H20N2O4. The average molecular weight is 364 g/mol. The summed E-state index contributed by atoms with van der Waals surface area (Å²) in [5.74, 6) is 0.0113. The van der Waals surface area contributed by atoms with Gasteiger partial charge in [0, 0.05) is 30.5 Å². The molecule has 0 unspecified atom stereocenters. The van der Waals surface area contributed by atoms with Crippen LogP contribution in [-0.2, 0) is 16.0 Å². The van der Waals surface area contributed by atoms with Gasteiger partial charge in [-0.25, -0.2) is 0 Å². The molecule has 0 saturated carbocycles. The molecule has 1 atom stereocenters. The summed E-state index contributed by atoms with van der Waals surface area (Å²) in [6.45, 7) is 0.630. The van der Waals surface area contributed by atoms with Gasteiger partial charge < -0.3 is 10.1 Å². The first-order valence-electron chi connectivity index (χ1n) is 9.07. The van der Waals surface area contributed by atoms with Crippen LogP contribution in [-0.4, -0.2) is 35.8 Å². The quantitative estimate of drug-likeness (QED) is 0.845. The van der Waals surface area contributed by atoms with Crippen LogP contribution in [0.4, 0.5) is 0 Å². The van der Waals surface area contributed by atoms with Crippen molar-refractivity contribution in [3.05, 3.63) is 65.2 Å². The van der Waals surface area contributed by atoms with E-state index in [1.807, 2.05) is 30.3 Å². The fourth-order valence-electron chi connectivity index (χ4n) is 3.60. The highest BCUT2D eigenvalue weighted by Crippen LogP contribution is 2.31. The predicted molar refractivity (Wildman–Crippen MR) is 98.2 cm³/mol. The Morgan fingerprint density at radius 1 is 1.11 bits per heavy atom. The minimum atomic E-state index is -0.328. The maximum atomic E-state index is 12.6. The molecule has 1 N–H and O–H groups in total. The molecule has 0 fully saturated rings. The van der Waals surface area contributed by atoms with Gasteiger partial charge in [-0.3, -0.25) is 19.3 Å². The molecule has 6 nitrogen and oxygen atoms in total. The van der Waals surface area contributed by atoms with Gasteiger partial charge >= 0.3 is 0 Å². The van der Waals surface area contributed by atoms with E-state index >= 15 is 0 Å². The summed E-state index contributed by atoms with van der Waals surface area (Å²) >= 11 is 0. The van der Waals surface area contributed by atoms with E-state index < -0.39 is 0 Å². The Hall–Kier alpha value is -3.15. The lowest BCUT2D eigenvalue weighted by Gasteiger charge is -2.28. The Morgan fingerprint density at radius 3 is 2.78 bits per heavy atom. The van der Waals surface area contributed by atoms with Crippen molar-refractivity contribution >= 4 is 17.7 Å². The molecule has 6 heteroatoms. The number of hydrogen-bond donors (Lipinski definition) is 1. The molecule has 0 aliphatic carbocycles. The molecule has 138 valence electrons. The number of benzene rings is 2. The van der Waals surface area contributed by atoms with E-state index in [1.54, 1.807) is 18.2 Å². The molecule has 2 aromatic carbocycles. The summed E-state index contributed by atoms with van der Waals surface area (Å²) in [7, 11) is 0. The van der Waals surface area contributed by atoms with Crippen molar-refractivity contribution in [2.45, 2.75) is 25.3 Å². The number of amides is 3. The maximum Gasteiger partial charge on any atom is 0.260 e. The summed E-state index contributed by atoms with van der Waals surface area (Å²) in [6.07, 6.45) is 0.966. The molecule has 27 heavy (non-hydrogen) atoms. The largest absolute Gasteiger partial charge is 0.493 e. The number of rotatable bonds is 4. The zero-order valence-corrected chi connectivity index (χ0v) is 14.8.